The average Bonchev–Trinajstić information content (AvgIpc) is 1.83. The van der Waals surface area contributed by atoms with Crippen LogP contribution in [-0.2, 0) is 0 Å². The lowest BCUT2D eigenvalue weighted by atomic mass is 10.2. The Kier molecular flexibility index (Phi) is 4.67. The van der Waals surface area contributed by atoms with E-state index in [0.717, 1.165) is 6.54 Å². The van der Waals surface area contributed by atoms with Crippen LogP contribution in [0.5, 0.6) is 0 Å². The normalized spacial score (nSPS) is 12.1. The Labute approximate surface area is 51.8 Å². The van der Waals surface area contributed by atoms with Crippen LogP contribution in [0.3, 0.4) is 0 Å². The molecule has 0 amide bonds. The fourth-order valence-electron chi connectivity index (χ4n) is 0.421. The molecule has 48 valence electrons. The second-order valence-corrected chi connectivity index (χ2v) is 1.96. The minimum Gasteiger partial charge on any atom is -0.316 e. The van der Waals surface area contributed by atoms with Gasteiger partial charge in [0.1, 0.15) is 0 Å². The van der Waals surface area contributed by atoms with Gasteiger partial charge in [-0.25, -0.2) is 0 Å². The largest absolute Gasteiger partial charge is 0.316 e. The summed E-state index contributed by atoms with van der Waals surface area (Å²) in [4.78, 5) is 0. The molecule has 0 aromatic heterocycles. The molecule has 0 unspecified atom stereocenters. The summed E-state index contributed by atoms with van der Waals surface area (Å²) in [6.07, 6.45) is 3.38. The fraction of sp³-hybridized carbons (Fsp3) is 0.714. The monoisotopic (exact) mass is 113 g/mol. The first-order valence-electron chi connectivity index (χ1n) is 3.11. The maximum atomic E-state index is 3.06. The molecule has 0 aliphatic heterocycles. The number of hydrogen-bond acceptors (Lipinski definition) is 1. The van der Waals surface area contributed by atoms with E-state index in [1.165, 1.54) is 12.0 Å². The van der Waals surface area contributed by atoms with Gasteiger partial charge < -0.3 is 5.32 Å². The van der Waals surface area contributed by atoms with E-state index < -0.39 is 0 Å². The third kappa shape index (κ3) is 3.88. The maximum absolute atomic E-state index is 3.06. The number of allylic oxidation sites excluding steroid dienone is 1. The van der Waals surface area contributed by atoms with E-state index in [9.17, 15) is 0 Å². The van der Waals surface area contributed by atoms with Crippen LogP contribution in [0.1, 0.15) is 20.3 Å². The van der Waals surface area contributed by atoms with Crippen molar-refractivity contribution in [1.82, 2.24) is 5.32 Å². The van der Waals surface area contributed by atoms with Gasteiger partial charge >= 0.3 is 0 Å². The van der Waals surface area contributed by atoms with Crippen LogP contribution >= 0.6 is 0 Å². The standard InChI is InChI=1S/C7H15N/c1-4-7(2)5-6-8-3/h5,8H,4,6H2,1-3H3/b7-5+. The molecule has 1 heteroatoms. The number of likely N-dealkylation sites (N-methyl/N-ethyl adjacent to an activating group) is 1. The molecule has 0 aromatic carbocycles. The van der Waals surface area contributed by atoms with E-state index in [0.29, 0.717) is 0 Å². The molecule has 0 aromatic rings. The summed E-state index contributed by atoms with van der Waals surface area (Å²) >= 11 is 0. The van der Waals surface area contributed by atoms with E-state index in [1.54, 1.807) is 0 Å². The van der Waals surface area contributed by atoms with E-state index in [2.05, 4.69) is 25.2 Å². The van der Waals surface area contributed by atoms with E-state index in [-0.39, 0.29) is 0 Å². The first kappa shape index (κ1) is 7.70. The summed E-state index contributed by atoms with van der Waals surface area (Å²) in [5.41, 5.74) is 1.46. The van der Waals surface area contributed by atoms with Crippen LogP contribution in [0, 0.1) is 0 Å². The molecule has 0 fully saturated rings. The molecule has 1 N–H and O–H groups in total. The van der Waals surface area contributed by atoms with Crippen LogP contribution in [0.25, 0.3) is 0 Å². The van der Waals surface area contributed by atoms with Crippen LogP contribution in [-0.4, -0.2) is 13.6 Å². The van der Waals surface area contributed by atoms with Crippen molar-refractivity contribution in [3.05, 3.63) is 11.6 Å². The quantitative estimate of drug-likeness (QED) is 0.548. The molecular weight excluding hydrogens is 98.1 g/mol. The lowest BCUT2D eigenvalue weighted by Crippen LogP contribution is -2.04. The molecule has 0 saturated carbocycles. The maximum Gasteiger partial charge on any atom is 0.0134 e. The van der Waals surface area contributed by atoms with E-state index in [1.807, 2.05) is 7.05 Å². The molecule has 0 radical (unpaired) electrons. The van der Waals surface area contributed by atoms with Gasteiger partial charge in [-0.2, -0.15) is 0 Å². The SMILES string of the molecule is CC/C(C)=C/CNC. The Morgan fingerprint density at radius 1 is 1.62 bits per heavy atom. The highest BCUT2D eigenvalue weighted by Gasteiger charge is 1.78. The van der Waals surface area contributed by atoms with E-state index >= 15 is 0 Å². The van der Waals surface area contributed by atoms with Crippen molar-refractivity contribution in [2.45, 2.75) is 20.3 Å². The molecule has 8 heavy (non-hydrogen) atoms. The highest BCUT2D eigenvalue weighted by atomic mass is 14.8. The van der Waals surface area contributed by atoms with Gasteiger partial charge in [0.15, 0.2) is 0 Å². The predicted molar refractivity (Wildman–Crippen MR) is 38.0 cm³/mol. The summed E-state index contributed by atoms with van der Waals surface area (Å²) < 4.78 is 0. The second kappa shape index (κ2) is 4.85. The van der Waals surface area contributed by atoms with Gasteiger partial charge in [0.05, 0.1) is 0 Å². The molecule has 0 saturated heterocycles. The van der Waals surface area contributed by atoms with Crippen molar-refractivity contribution < 1.29 is 0 Å². The second-order valence-electron chi connectivity index (χ2n) is 1.96. The molecular formula is C7H15N. The zero-order chi connectivity index (χ0) is 6.41. The van der Waals surface area contributed by atoms with Crippen LogP contribution in [0.2, 0.25) is 0 Å². The highest BCUT2D eigenvalue weighted by molar-refractivity contribution is 4.97. The summed E-state index contributed by atoms with van der Waals surface area (Å²) in [6.45, 7) is 5.32. The first-order valence-corrected chi connectivity index (χ1v) is 3.11. The van der Waals surface area contributed by atoms with Crippen molar-refractivity contribution in [2.24, 2.45) is 0 Å². The van der Waals surface area contributed by atoms with Gasteiger partial charge in [-0.15, -0.1) is 0 Å². The Balaban J connectivity index is 3.26. The fourth-order valence-corrected chi connectivity index (χ4v) is 0.421. The van der Waals surface area contributed by atoms with Crippen molar-refractivity contribution in [2.75, 3.05) is 13.6 Å². The lowest BCUT2D eigenvalue weighted by Gasteiger charge is -1.92. The van der Waals surface area contributed by atoms with Crippen molar-refractivity contribution in [3.63, 3.8) is 0 Å². The minimum absolute atomic E-state index is 1.000. The van der Waals surface area contributed by atoms with Crippen molar-refractivity contribution >= 4 is 0 Å². The number of nitrogens with one attached hydrogen (secondary N) is 1. The lowest BCUT2D eigenvalue weighted by molar-refractivity contribution is 0.904. The number of hydrogen-bond donors (Lipinski definition) is 1. The van der Waals surface area contributed by atoms with Crippen molar-refractivity contribution in [3.8, 4) is 0 Å². The van der Waals surface area contributed by atoms with Crippen molar-refractivity contribution in [1.29, 1.82) is 0 Å². The Bertz CT molecular complexity index is 74.5. The van der Waals surface area contributed by atoms with Gasteiger partial charge in [0.25, 0.3) is 0 Å². The van der Waals surface area contributed by atoms with Gasteiger partial charge in [-0.1, -0.05) is 18.6 Å². The highest BCUT2D eigenvalue weighted by Crippen LogP contribution is 1.94. The summed E-state index contributed by atoms with van der Waals surface area (Å²) in [5, 5.41) is 3.06. The zero-order valence-corrected chi connectivity index (χ0v) is 5.99. The molecule has 0 rings (SSSR count). The summed E-state index contributed by atoms with van der Waals surface area (Å²) in [5.74, 6) is 0. The minimum atomic E-state index is 1.000. The number of rotatable bonds is 3. The Morgan fingerprint density at radius 3 is 2.62 bits per heavy atom. The molecule has 0 spiro atoms. The average molecular weight is 113 g/mol. The Hall–Kier alpha value is -0.300. The molecule has 0 aliphatic carbocycles. The van der Waals surface area contributed by atoms with Gasteiger partial charge in [-0.05, 0) is 20.4 Å². The topological polar surface area (TPSA) is 12.0 Å². The predicted octanol–water partition coefficient (Wildman–Crippen LogP) is 1.56. The summed E-state index contributed by atoms with van der Waals surface area (Å²) in [6, 6.07) is 0. The molecule has 0 aliphatic rings. The molecule has 1 nitrogen and oxygen atoms in total. The molecule has 0 atom stereocenters. The summed E-state index contributed by atoms with van der Waals surface area (Å²) in [7, 11) is 1.96. The van der Waals surface area contributed by atoms with Gasteiger partial charge in [0.2, 0.25) is 0 Å². The molecule has 0 bridgehead atoms. The first-order chi connectivity index (χ1) is 3.81. The third-order valence-electron chi connectivity index (χ3n) is 1.21. The van der Waals surface area contributed by atoms with Gasteiger partial charge in [-0.3, -0.25) is 0 Å². The van der Waals surface area contributed by atoms with Gasteiger partial charge in [0, 0.05) is 6.54 Å². The Morgan fingerprint density at radius 2 is 2.25 bits per heavy atom. The van der Waals surface area contributed by atoms with Crippen LogP contribution in [0.4, 0.5) is 0 Å². The zero-order valence-electron chi connectivity index (χ0n) is 5.99. The van der Waals surface area contributed by atoms with E-state index in [4.69, 9.17) is 0 Å². The van der Waals surface area contributed by atoms with Crippen LogP contribution in [0.15, 0.2) is 11.6 Å². The van der Waals surface area contributed by atoms with Crippen LogP contribution < -0.4 is 5.32 Å². The smallest absolute Gasteiger partial charge is 0.0134 e. The molecule has 0 heterocycles. The third-order valence-corrected chi connectivity index (χ3v) is 1.21.